The molecule has 1 aromatic heterocycles. The second-order valence-corrected chi connectivity index (χ2v) is 7.75. The number of nitrogens with zero attached hydrogens (tertiary/aromatic N) is 3. The third-order valence-corrected chi connectivity index (χ3v) is 5.73. The molecule has 0 saturated heterocycles. The summed E-state index contributed by atoms with van der Waals surface area (Å²) in [5.41, 5.74) is 5.35. The van der Waals surface area contributed by atoms with Crippen molar-refractivity contribution in [2.75, 3.05) is 6.54 Å². The van der Waals surface area contributed by atoms with Gasteiger partial charge in [0, 0.05) is 12.1 Å². The van der Waals surface area contributed by atoms with Crippen molar-refractivity contribution in [1.29, 1.82) is 0 Å². The Hall–Kier alpha value is -2.95. The zero-order valence-corrected chi connectivity index (χ0v) is 15.6. The lowest BCUT2D eigenvalue weighted by molar-refractivity contribution is -0.131. The minimum absolute atomic E-state index is 0.144. The van der Waals surface area contributed by atoms with Crippen LogP contribution in [-0.2, 0) is 24.3 Å². The summed E-state index contributed by atoms with van der Waals surface area (Å²) < 4.78 is 15.2. The number of benzene rings is 2. The number of carbonyl (C=O) groups excluding carboxylic acids is 1. The highest BCUT2D eigenvalue weighted by Crippen LogP contribution is 2.40. The Morgan fingerprint density at radius 1 is 1.11 bits per heavy atom. The third-order valence-electron chi connectivity index (χ3n) is 5.73. The molecule has 28 heavy (non-hydrogen) atoms. The zero-order valence-electron chi connectivity index (χ0n) is 15.6. The average Bonchev–Trinajstić information content (AvgIpc) is 3.48. The van der Waals surface area contributed by atoms with Gasteiger partial charge < -0.3 is 4.90 Å². The highest BCUT2D eigenvalue weighted by molar-refractivity contribution is 5.79. The van der Waals surface area contributed by atoms with Crippen LogP contribution in [0.1, 0.15) is 35.6 Å². The van der Waals surface area contributed by atoms with Crippen molar-refractivity contribution in [3.05, 3.63) is 77.4 Å². The summed E-state index contributed by atoms with van der Waals surface area (Å²) in [6.45, 7) is 1.89. The topological polar surface area (TPSA) is 38.1 Å². The molecule has 0 bridgehead atoms. The predicted molar refractivity (Wildman–Crippen MR) is 105 cm³/mol. The molecule has 0 spiro atoms. The first-order valence-electron chi connectivity index (χ1n) is 9.84. The van der Waals surface area contributed by atoms with E-state index in [-0.39, 0.29) is 11.7 Å². The summed E-state index contributed by atoms with van der Waals surface area (Å²) in [6, 6.07) is 14.9. The van der Waals surface area contributed by atoms with E-state index in [2.05, 4.69) is 23.3 Å². The van der Waals surface area contributed by atoms with Crippen LogP contribution in [0.4, 0.5) is 4.39 Å². The standard InChI is InChI=1S/C23H22FN3O/c24-20-8-6-18(7-9-20)21-14-25-27-11-10-26(15-22(21)27)23(28)13-16-2-1-3-19(12-16)17-4-5-17/h1-3,6-9,12,14,17H,4-5,10-11,13,15H2. The van der Waals surface area contributed by atoms with Crippen LogP contribution in [0.2, 0.25) is 0 Å². The summed E-state index contributed by atoms with van der Waals surface area (Å²) >= 11 is 0. The third kappa shape index (κ3) is 3.33. The van der Waals surface area contributed by atoms with Crippen LogP contribution in [0, 0.1) is 5.82 Å². The molecule has 0 unspecified atom stereocenters. The van der Waals surface area contributed by atoms with Gasteiger partial charge in [0.25, 0.3) is 0 Å². The molecule has 1 fully saturated rings. The van der Waals surface area contributed by atoms with Crippen molar-refractivity contribution in [3.8, 4) is 11.1 Å². The second-order valence-electron chi connectivity index (χ2n) is 7.75. The van der Waals surface area contributed by atoms with E-state index in [1.807, 2.05) is 21.8 Å². The lowest BCUT2D eigenvalue weighted by Crippen LogP contribution is -2.39. The van der Waals surface area contributed by atoms with Gasteiger partial charge >= 0.3 is 0 Å². The molecule has 2 heterocycles. The number of rotatable bonds is 4. The van der Waals surface area contributed by atoms with Crippen LogP contribution in [0.3, 0.4) is 0 Å². The average molecular weight is 375 g/mol. The van der Waals surface area contributed by atoms with Gasteiger partial charge in [-0.3, -0.25) is 9.48 Å². The van der Waals surface area contributed by atoms with Crippen molar-refractivity contribution in [3.63, 3.8) is 0 Å². The molecule has 1 aliphatic heterocycles. The van der Waals surface area contributed by atoms with Crippen molar-refractivity contribution in [2.45, 2.75) is 38.3 Å². The number of fused-ring (bicyclic) bond motifs is 1. The molecule has 2 aliphatic rings. The van der Waals surface area contributed by atoms with Gasteiger partial charge in [0.1, 0.15) is 5.82 Å². The van der Waals surface area contributed by atoms with Crippen molar-refractivity contribution >= 4 is 5.91 Å². The number of aromatic nitrogens is 2. The van der Waals surface area contributed by atoms with E-state index in [1.165, 1.54) is 30.5 Å². The van der Waals surface area contributed by atoms with E-state index in [9.17, 15) is 9.18 Å². The van der Waals surface area contributed by atoms with E-state index >= 15 is 0 Å². The van der Waals surface area contributed by atoms with Gasteiger partial charge in [0.15, 0.2) is 0 Å². The Morgan fingerprint density at radius 3 is 2.71 bits per heavy atom. The first-order chi connectivity index (χ1) is 13.7. The number of halogens is 1. The largest absolute Gasteiger partial charge is 0.335 e. The number of hydrogen-bond donors (Lipinski definition) is 0. The quantitative estimate of drug-likeness (QED) is 0.687. The van der Waals surface area contributed by atoms with Gasteiger partial charge in [-0.25, -0.2) is 4.39 Å². The van der Waals surface area contributed by atoms with E-state index in [1.54, 1.807) is 12.1 Å². The Labute approximate surface area is 163 Å². The molecule has 1 aliphatic carbocycles. The van der Waals surface area contributed by atoms with Crippen molar-refractivity contribution in [2.24, 2.45) is 0 Å². The second kappa shape index (κ2) is 6.89. The molecule has 0 radical (unpaired) electrons. The maximum absolute atomic E-state index is 13.3. The molecule has 2 aromatic carbocycles. The summed E-state index contributed by atoms with van der Waals surface area (Å²) in [5.74, 6) is 0.582. The number of amides is 1. The highest BCUT2D eigenvalue weighted by atomic mass is 19.1. The van der Waals surface area contributed by atoms with Crippen LogP contribution in [-0.4, -0.2) is 27.1 Å². The molecule has 0 atom stereocenters. The molecule has 142 valence electrons. The fourth-order valence-corrected chi connectivity index (χ4v) is 3.99. The molecule has 1 saturated carbocycles. The molecular weight excluding hydrogens is 353 g/mol. The van der Waals surface area contributed by atoms with E-state index in [0.717, 1.165) is 22.4 Å². The molecule has 5 heteroatoms. The van der Waals surface area contributed by atoms with Gasteiger partial charge in [-0.1, -0.05) is 36.4 Å². The molecule has 0 N–H and O–H groups in total. The van der Waals surface area contributed by atoms with Crippen LogP contribution in [0.25, 0.3) is 11.1 Å². The van der Waals surface area contributed by atoms with Crippen LogP contribution >= 0.6 is 0 Å². The van der Waals surface area contributed by atoms with Gasteiger partial charge in [-0.05, 0) is 47.6 Å². The first-order valence-corrected chi connectivity index (χ1v) is 9.84. The lowest BCUT2D eigenvalue weighted by Gasteiger charge is -2.28. The zero-order chi connectivity index (χ0) is 19.1. The maximum atomic E-state index is 13.3. The van der Waals surface area contributed by atoms with E-state index in [0.29, 0.717) is 32.0 Å². The summed E-state index contributed by atoms with van der Waals surface area (Å²) in [5, 5.41) is 4.46. The minimum Gasteiger partial charge on any atom is -0.335 e. The van der Waals surface area contributed by atoms with Gasteiger partial charge in [0.2, 0.25) is 5.91 Å². The van der Waals surface area contributed by atoms with Gasteiger partial charge in [-0.15, -0.1) is 0 Å². The molecule has 5 rings (SSSR count). The van der Waals surface area contributed by atoms with Crippen LogP contribution in [0.15, 0.2) is 54.7 Å². The van der Waals surface area contributed by atoms with Crippen molar-refractivity contribution < 1.29 is 9.18 Å². The first kappa shape index (κ1) is 17.2. The summed E-state index contributed by atoms with van der Waals surface area (Å²) in [4.78, 5) is 14.8. The van der Waals surface area contributed by atoms with Gasteiger partial charge in [0.05, 0.1) is 31.4 Å². The fourth-order valence-electron chi connectivity index (χ4n) is 3.99. The van der Waals surface area contributed by atoms with E-state index in [4.69, 9.17) is 0 Å². The van der Waals surface area contributed by atoms with Crippen LogP contribution < -0.4 is 0 Å². The Kier molecular flexibility index (Phi) is 4.23. The monoisotopic (exact) mass is 375 g/mol. The SMILES string of the molecule is O=C(Cc1cccc(C2CC2)c1)N1CCn2ncc(-c3ccc(F)cc3)c2C1. The normalized spacial score (nSPS) is 16.1. The Bertz CT molecular complexity index is 1020. The molecule has 4 nitrogen and oxygen atoms in total. The Balaban J connectivity index is 1.34. The predicted octanol–water partition coefficient (Wildman–Crippen LogP) is 4.15. The minimum atomic E-state index is -0.255. The van der Waals surface area contributed by atoms with Crippen molar-refractivity contribution in [1.82, 2.24) is 14.7 Å². The Morgan fingerprint density at radius 2 is 1.93 bits per heavy atom. The van der Waals surface area contributed by atoms with E-state index < -0.39 is 0 Å². The lowest BCUT2D eigenvalue weighted by atomic mass is 10.0. The molecular formula is C23H22FN3O. The number of carbonyl (C=O) groups is 1. The molecule has 3 aromatic rings. The summed E-state index contributed by atoms with van der Waals surface area (Å²) in [6.07, 6.45) is 4.77. The molecule has 1 amide bonds. The summed E-state index contributed by atoms with van der Waals surface area (Å²) in [7, 11) is 0. The van der Waals surface area contributed by atoms with Gasteiger partial charge in [-0.2, -0.15) is 5.10 Å². The number of hydrogen-bond acceptors (Lipinski definition) is 2. The maximum Gasteiger partial charge on any atom is 0.227 e. The highest BCUT2D eigenvalue weighted by Gasteiger charge is 2.26. The smallest absolute Gasteiger partial charge is 0.227 e. The van der Waals surface area contributed by atoms with Crippen LogP contribution in [0.5, 0.6) is 0 Å². The fraction of sp³-hybridized carbons (Fsp3) is 0.304.